The molecule has 1 heterocycles. The lowest BCUT2D eigenvalue weighted by atomic mass is 10.0. The van der Waals surface area contributed by atoms with Crippen molar-refractivity contribution in [2.75, 3.05) is 13.2 Å². The van der Waals surface area contributed by atoms with Gasteiger partial charge in [-0.1, -0.05) is 32.0 Å². The first-order valence-electron chi connectivity index (χ1n) is 7.63. The Morgan fingerprint density at radius 3 is 2.67 bits per heavy atom. The molecule has 1 unspecified atom stereocenters. The molecular weight excluding hydrogens is 262 g/mol. The molecule has 114 valence electrons. The van der Waals surface area contributed by atoms with E-state index in [1.807, 2.05) is 30.8 Å². The van der Waals surface area contributed by atoms with Gasteiger partial charge in [0.2, 0.25) is 0 Å². The van der Waals surface area contributed by atoms with E-state index in [0.717, 1.165) is 42.3 Å². The Labute approximate surface area is 127 Å². The second-order valence-electron chi connectivity index (χ2n) is 5.21. The second kappa shape index (κ2) is 7.27. The fraction of sp³-hybridized carbons (Fsp3) is 0.471. The van der Waals surface area contributed by atoms with Crippen LogP contribution in [-0.2, 0) is 7.05 Å². The van der Waals surface area contributed by atoms with Gasteiger partial charge in [-0.25, -0.2) is 0 Å². The molecule has 0 saturated heterocycles. The van der Waals surface area contributed by atoms with Crippen molar-refractivity contribution in [1.29, 1.82) is 0 Å². The lowest BCUT2D eigenvalue weighted by molar-refractivity contribution is 0.311. The Balaban J connectivity index is 2.40. The maximum absolute atomic E-state index is 5.91. The van der Waals surface area contributed by atoms with E-state index in [0.29, 0.717) is 0 Å². The zero-order chi connectivity index (χ0) is 15.2. The third-order valence-electron chi connectivity index (χ3n) is 3.43. The molecule has 0 saturated carbocycles. The van der Waals surface area contributed by atoms with E-state index < -0.39 is 0 Å². The van der Waals surface area contributed by atoms with Crippen molar-refractivity contribution < 1.29 is 4.74 Å². The van der Waals surface area contributed by atoms with E-state index in [1.165, 1.54) is 0 Å². The van der Waals surface area contributed by atoms with Gasteiger partial charge < -0.3 is 10.1 Å². The lowest BCUT2D eigenvalue weighted by Crippen LogP contribution is -2.24. The highest BCUT2D eigenvalue weighted by molar-refractivity contribution is 5.40. The highest BCUT2D eigenvalue weighted by Gasteiger charge is 2.20. The Morgan fingerprint density at radius 1 is 1.29 bits per heavy atom. The van der Waals surface area contributed by atoms with Crippen molar-refractivity contribution in [2.24, 2.45) is 7.05 Å². The standard InChI is InChI=1S/C17H25N3O/c1-5-11-21-16-10-8-7-9-14(16)17(18-6-2)15-12-13(3)19-20(15)4/h7-10,12,17-18H,5-6,11H2,1-4H3. The average Bonchev–Trinajstić information content (AvgIpc) is 2.81. The van der Waals surface area contributed by atoms with Gasteiger partial charge in [-0.2, -0.15) is 5.10 Å². The maximum atomic E-state index is 5.91. The van der Waals surface area contributed by atoms with Gasteiger partial charge in [0.25, 0.3) is 0 Å². The van der Waals surface area contributed by atoms with Crippen LogP contribution in [0.3, 0.4) is 0 Å². The van der Waals surface area contributed by atoms with E-state index in [9.17, 15) is 0 Å². The van der Waals surface area contributed by atoms with E-state index >= 15 is 0 Å². The van der Waals surface area contributed by atoms with Crippen LogP contribution in [0.25, 0.3) is 0 Å². The van der Waals surface area contributed by atoms with Crippen LogP contribution in [0.2, 0.25) is 0 Å². The molecular formula is C17H25N3O. The van der Waals surface area contributed by atoms with Gasteiger partial charge in [-0.05, 0) is 32.0 Å². The van der Waals surface area contributed by atoms with Crippen LogP contribution in [0.5, 0.6) is 5.75 Å². The SMILES string of the molecule is CCCOc1ccccc1C(NCC)c1cc(C)nn1C. The molecule has 0 bridgehead atoms. The van der Waals surface area contributed by atoms with Gasteiger partial charge in [0.15, 0.2) is 0 Å². The van der Waals surface area contributed by atoms with Crippen molar-refractivity contribution >= 4 is 0 Å². The zero-order valence-corrected chi connectivity index (χ0v) is 13.4. The van der Waals surface area contributed by atoms with E-state index in [4.69, 9.17) is 4.74 Å². The molecule has 0 aliphatic carbocycles. The second-order valence-corrected chi connectivity index (χ2v) is 5.21. The molecule has 0 aliphatic rings. The minimum Gasteiger partial charge on any atom is -0.493 e. The van der Waals surface area contributed by atoms with Crippen LogP contribution in [0, 0.1) is 6.92 Å². The number of nitrogens with one attached hydrogen (secondary N) is 1. The minimum atomic E-state index is 0.0919. The number of nitrogens with zero attached hydrogens (tertiary/aromatic N) is 2. The number of para-hydroxylation sites is 1. The molecule has 4 nitrogen and oxygen atoms in total. The third kappa shape index (κ3) is 3.64. The van der Waals surface area contributed by atoms with Crippen molar-refractivity contribution in [3.8, 4) is 5.75 Å². The van der Waals surface area contributed by atoms with Gasteiger partial charge in [0.05, 0.1) is 24.0 Å². The van der Waals surface area contributed by atoms with Gasteiger partial charge in [0, 0.05) is 12.6 Å². The van der Waals surface area contributed by atoms with Crippen LogP contribution in [0.4, 0.5) is 0 Å². The Kier molecular flexibility index (Phi) is 5.39. The summed E-state index contributed by atoms with van der Waals surface area (Å²) in [7, 11) is 1.99. The number of ether oxygens (including phenoxy) is 1. The van der Waals surface area contributed by atoms with Crippen LogP contribution in [-0.4, -0.2) is 22.9 Å². The monoisotopic (exact) mass is 287 g/mol. The van der Waals surface area contributed by atoms with Crippen molar-refractivity contribution in [3.05, 3.63) is 47.3 Å². The van der Waals surface area contributed by atoms with Crippen molar-refractivity contribution in [2.45, 2.75) is 33.2 Å². The molecule has 1 atom stereocenters. The minimum absolute atomic E-state index is 0.0919. The largest absolute Gasteiger partial charge is 0.493 e. The predicted molar refractivity (Wildman–Crippen MR) is 85.7 cm³/mol. The van der Waals surface area contributed by atoms with E-state index in [-0.39, 0.29) is 6.04 Å². The zero-order valence-electron chi connectivity index (χ0n) is 13.4. The number of aromatic nitrogens is 2. The molecule has 2 aromatic rings. The summed E-state index contributed by atoms with van der Waals surface area (Å²) in [6.07, 6.45) is 1.00. The van der Waals surface area contributed by atoms with Gasteiger partial charge >= 0.3 is 0 Å². The first kappa shape index (κ1) is 15.6. The van der Waals surface area contributed by atoms with Crippen LogP contribution in [0.15, 0.2) is 30.3 Å². The number of benzene rings is 1. The normalized spacial score (nSPS) is 12.4. The summed E-state index contributed by atoms with van der Waals surface area (Å²) in [5, 5.41) is 8.01. The Morgan fingerprint density at radius 2 is 2.05 bits per heavy atom. The quantitative estimate of drug-likeness (QED) is 0.850. The van der Waals surface area contributed by atoms with Gasteiger partial charge in [-0.3, -0.25) is 4.68 Å². The van der Waals surface area contributed by atoms with E-state index in [1.54, 1.807) is 0 Å². The number of hydrogen-bond donors (Lipinski definition) is 1. The Hall–Kier alpha value is -1.81. The summed E-state index contributed by atoms with van der Waals surface area (Å²) in [6.45, 7) is 7.88. The summed E-state index contributed by atoms with van der Waals surface area (Å²) in [6, 6.07) is 10.5. The fourth-order valence-corrected chi connectivity index (χ4v) is 2.54. The first-order chi connectivity index (χ1) is 10.2. The molecule has 0 aliphatic heterocycles. The van der Waals surface area contributed by atoms with Crippen LogP contribution in [0.1, 0.15) is 43.3 Å². The molecule has 2 rings (SSSR count). The molecule has 0 amide bonds. The molecule has 4 heteroatoms. The molecule has 0 fully saturated rings. The fourth-order valence-electron chi connectivity index (χ4n) is 2.54. The summed E-state index contributed by atoms with van der Waals surface area (Å²) < 4.78 is 7.86. The molecule has 1 N–H and O–H groups in total. The number of hydrogen-bond acceptors (Lipinski definition) is 3. The Bertz CT molecular complexity index is 577. The van der Waals surface area contributed by atoms with Crippen LogP contribution >= 0.6 is 0 Å². The third-order valence-corrected chi connectivity index (χ3v) is 3.43. The molecule has 1 aromatic heterocycles. The number of aryl methyl sites for hydroxylation is 2. The maximum Gasteiger partial charge on any atom is 0.124 e. The molecule has 1 aromatic carbocycles. The summed E-state index contributed by atoms with van der Waals surface area (Å²) in [4.78, 5) is 0. The topological polar surface area (TPSA) is 39.1 Å². The average molecular weight is 287 g/mol. The van der Waals surface area contributed by atoms with Crippen molar-refractivity contribution in [1.82, 2.24) is 15.1 Å². The molecule has 0 spiro atoms. The molecule has 21 heavy (non-hydrogen) atoms. The summed E-state index contributed by atoms with van der Waals surface area (Å²) in [5.74, 6) is 0.948. The summed E-state index contributed by atoms with van der Waals surface area (Å²) in [5.41, 5.74) is 3.35. The smallest absolute Gasteiger partial charge is 0.124 e. The predicted octanol–water partition coefficient (Wildman–Crippen LogP) is 3.22. The van der Waals surface area contributed by atoms with Gasteiger partial charge in [0.1, 0.15) is 5.75 Å². The van der Waals surface area contributed by atoms with E-state index in [2.05, 4.69) is 42.5 Å². The lowest BCUT2D eigenvalue weighted by Gasteiger charge is -2.21. The van der Waals surface area contributed by atoms with Crippen molar-refractivity contribution in [3.63, 3.8) is 0 Å². The van der Waals surface area contributed by atoms with Crippen LogP contribution < -0.4 is 10.1 Å². The summed E-state index contributed by atoms with van der Waals surface area (Å²) >= 11 is 0. The molecule has 0 radical (unpaired) electrons. The highest BCUT2D eigenvalue weighted by Crippen LogP contribution is 2.30. The van der Waals surface area contributed by atoms with Gasteiger partial charge in [-0.15, -0.1) is 0 Å². The highest BCUT2D eigenvalue weighted by atomic mass is 16.5. The first-order valence-corrected chi connectivity index (χ1v) is 7.63. The number of rotatable bonds is 7.